The molecule has 0 unspecified atom stereocenters. The molecular formula is C19H29NO2Si. The number of aldehydes is 1. The lowest BCUT2D eigenvalue weighted by atomic mass is 10.2. The van der Waals surface area contributed by atoms with Crippen molar-refractivity contribution in [1.82, 2.24) is 4.23 Å². The van der Waals surface area contributed by atoms with Gasteiger partial charge in [0.15, 0.2) is 14.5 Å². The maximum atomic E-state index is 11.6. The Morgan fingerprint density at radius 1 is 1.04 bits per heavy atom. The van der Waals surface area contributed by atoms with Gasteiger partial charge < -0.3 is 8.97 Å². The van der Waals surface area contributed by atoms with E-state index in [4.69, 9.17) is 4.74 Å². The lowest BCUT2D eigenvalue weighted by molar-refractivity contribution is 0.112. The number of benzene rings is 1. The van der Waals surface area contributed by atoms with Crippen molar-refractivity contribution in [2.45, 2.75) is 58.2 Å². The summed E-state index contributed by atoms with van der Waals surface area (Å²) in [7, 11) is -0.213. The molecule has 0 aliphatic carbocycles. The molecule has 0 fully saturated rings. The predicted octanol–water partition coefficient (Wildman–Crippen LogP) is 5.49. The van der Waals surface area contributed by atoms with E-state index < -0.39 is 8.24 Å². The molecule has 1 aromatic heterocycles. The molecule has 0 bridgehead atoms. The van der Waals surface area contributed by atoms with Crippen LogP contribution in [-0.4, -0.2) is 25.9 Å². The number of hydrogen-bond donors (Lipinski definition) is 0. The molecule has 0 N–H and O–H groups in total. The second-order valence-electron chi connectivity index (χ2n) is 7.31. The van der Waals surface area contributed by atoms with Crippen molar-refractivity contribution in [2.24, 2.45) is 0 Å². The van der Waals surface area contributed by atoms with Crippen molar-refractivity contribution in [3.8, 4) is 5.75 Å². The van der Waals surface area contributed by atoms with E-state index in [1.165, 1.54) is 0 Å². The SMILES string of the molecule is COc1ccc2c(c1)c(C=O)cn2[Si](C(C)C)(C(C)C)C(C)C. The molecule has 0 aliphatic heterocycles. The highest BCUT2D eigenvalue weighted by molar-refractivity contribution is 6.82. The molecule has 2 aromatic rings. The predicted molar refractivity (Wildman–Crippen MR) is 100 cm³/mol. The molecule has 1 aromatic carbocycles. The summed E-state index contributed by atoms with van der Waals surface area (Å²) in [5.41, 5.74) is 3.67. The zero-order valence-electron chi connectivity index (χ0n) is 15.4. The first-order valence-electron chi connectivity index (χ1n) is 8.45. The minimum atomic E-state index is -1.87. The summed E-state index contributed by atoms with van der Waals surface area (Å²) in [6.45, 7) is 14.0. The number of carbonyl (C=O) groups excluding carboxylic acids is 1. The zero-order chi connectivity index (χ0) is 17.4. The van der Waals surface area contributed by atoms with E-state index in [1.54, 1.807) is 7.11 Å². The highest BCUT2D eigenvalue weighted by Gasteiger charge is 2.46. The molecule has 0 aliphatic rings. The number of ether oxygens (including phenoxy) is 1. The van der Waals surface area contributed by atoms with E-state index in [9.17, 15) is 4.79 Å². The number of methoxy groups -OCH3 is 1. The van der Waals surface area contributed by atoms with Gasteiger partial charge in [0.25, 0.3) is 0 Å². The smallest absolute Gasteiger partial charge is 0.169 e. The average molecular weight is 332 g/mol. The number of hydrogen-bond acceptors (Lipinski definition) is 2. The third-order valence-corrected chi connectivity index (χ3v) is 12.1. The number of aromatic nitrogens is 1. The standard InChI is InChI=1S/C19H29NO2Si/c1-13(2)23(14(3)4,15(5)6)20-11-16(12-21)18-10-17(22-7)8-9-19(18)20/h8-15H,1-7H3. The van der Waals surface area contributed by atoms with Crippen LogP contribution in [0, 0.1) is 0 Å². The van der Waals surface area contributed by atoms with E-state index in [0.29, 0.717) is 16.6 Å². The molecule has 2 rings (SSSR count). The Morgan fingerprint density at radius 2 is 1.61 bits per heavy atom. The van der Waals surface area contributed by atoms with E-state index in [1.807, 2.05) is 12.1 Å². The van der Waals surface area contributed by atoms with Gasteiger partial charge in [-0.15, -0.1) is 0 Å². The van der Waals surface area contributed by atoms with Crippen LogP contribution in [0.15, 0.2) is 24.4 Å². The van der Waals surface area contributed by atoms with Crippen LogP contribution in [0.5, 0.6) is 5.75 Å². The van der Waals surface area contributed by atoms with Crippen LogP contribution in [0.1, 0.15) is 51.9 Å². The quantitative estimate of drug-likeness (QED) is 0.518. The summed E-state index contributed by atoms with van der Waals surface area (Å²) in [6.07, 6.45) is 3.06. The van der Waals surface area contributed by atoms with Crippen LogP contribution in [0.2, 0.25) is 16.6 Å². The summed E-state index contributed by atoms with van der Waals surface area (Å²) >= 11 is 0. The molecule has 0 spiro atoms. The van der Waals surface area contributed by atoms with Gasteiger partial charge in [0.05, 0.1) is 7.11 Å². The van der Waals surface area contributed by atoms with Gasteiger partial charge in [-0.25, -0.2) is 0 Å². The zero-order valence-corrected chi connectivity index (χ0v) is 16.4. The van der Waals surface area contributed by atoms with Crippen LogP contribution in [0.25, 0.3) is 10.9 Å². The molecule has 0 saturated heterocycles. The van der Waals surface area contributed by atoms with Gasteiger partial charge in [-0.05, 0) is 34.8 Å². The van der Waals surface area contributed by atoms with E-state index in [2.05, 4.69) is 58.0 Å². The fourth-order valence-electron chi connectivity index (χ4n) is 4.61. The molecule has 0 atom stereocenters. The largest absolute Gasteiger partial charge is 0.497 e. The molecule has 23 heavy (non-hydrogen) atoms. The summed E-state index contributed by atoms with van der Waals surface area (Å²) in [5.74, 6) is 0.796. The van der Waals surface area contributed by atoms with Crippen molar-refractivity contribution < 1.29 is 9.53 Å². The Morgan fingerprint density at radius 3 is 2.04 bits per heavy atom. The third kappa shape index (κ3) is 2.63. The van der Waals surface area contributed by atoms with Crippen molar-refractivity contribution in [1.29, 1.82) is 0 Å². The van der Waals surface area contributed by atoms with E-state index in [0.717, 1.165) is 28.5 Å². The minimum Gasteiger partial charge on any atom is -0.497 e. The van der Waals surface area contributed by atoms with Gasteiger partial charge in [0.1, 0.15) is 5.75 Å². The van der Waals surface area contributed by atoms with Gasteiger partial charge in [-0.1, -0.05) is 41.5 Å². The molecule has 126 valence electrons. The van der Waals surface area contributed by atoms with Crippen molar-refractivity contribution in [2.75, 3.05) is 7.11 Å². The number of fused-ring (bicyclic) bond motifs is 1. The molecule has 0 amide bonds. The maximum Gasteiger partial charge on any atom is 0.169 e. The summed E-state index contributed by atoms with van der Waals surface area (Å²) in [5, 5.41) is 0.998. The number of nitrogens with zero attached hydrogens (tertiary/aromatic N) is 1. The van der Waals surface area contributed by atoms with E-state index in [-0.39, 0.29) is 0 Å². The van der Waals surface area contributed by atoms with Gasteiger partial charge in [0.2, 0.25) is 0 Å². The lowest BCUT2D eigenvalue weighted by Crippen LogP contribution is -2.51. The van der Waals surface area contributed by atoms with Crippen molar-refractivity contribution in [3.05, 3.63) is 30.0 Å². The number of carbonyl (C=O) groups is 1. The highest BCUT2D eigenvalue weighted by Crippen LogP contribution is 2.45. The maximum absolute atomic E-state index is 11.6. The summed E-state index contributed by atoms with van der Waals surface area (Å²) < 4.78 is 7.82. The van der Waals surface area contributed by atoms with Crippen LogP contribution in [0.3, 0.4) is 0 Å². The van der Waals surface area contributed by atoms with Gasteiger partial charge in [-0.2, -0.15) is 0 Å². The molecule has 3 nitrogen and oxygen atoms in total. The fourth-order valence-corrected chi connectivity index (χ4v) is 11.3. The normalized spacial score (nSPS) is 12.6. The Kier molecular flexibility index (Phi) is 5.04. The average Bonchev–Trinajstić information content (AvgIpc) is 2.85. The van der Waals surface area contributed by atoms with Crippen LogP contribution < -0.4 is 4.74 Å². The van der Waals surface area contributed by atoms with Crippen LogP contribution in [0.4, 0.5) is 0 Å². The Hall–Kier alpha value is -1.55. The van der Waals surface area contributed by atoms with Crippen LogP contribution >= 0.6 is 0 Å². The first kappa shape index (κ1) is 17.8. The minimum absolute atomic E-state index is 0.583. The Balaban J connectivity index is 2.87. The Labute approximate surface area is 140 Å². The van der Waals surface area contributed by atoms with Gasteiger partial charge in [-0.3, -0.25) is 4.79 Å². The van der Waals surface area contributed by atoms with E-state index >= 15 is 0 Å². The van der Waals surface area contributed by atoms with Crippen molar-refractivity contribution >= 4 is 25.4 Å². The third-order valence-electron chi connectivity index (χ3n) is 5.36. The van der Waals surface area contributed by atoms with Crippen LogP contribution in [-0.2, 0) is 0 Å². The van der Waals surface area contributed by atoms with Gasteiger partial charge >= 0.3 is 0 Å². The first-order chi connectivity index (χ1) is 10.8. The molecular weight excluding hydrogens is 302 g/mol. The molecule has 0 saturated carbocycles. The van der Waals surface area contributed by atoms with Gasteiger partial charge in [0, 0.05) is 22.7 Å². The monoisotopic (exact) mass is 331 g/mol. The molecule has 0 radical (unpaired) electrons. The summed E-state index contributed by atoms with van der Waals surface area (Å²) in [4.78, 5) is 11.6. The fraction of sp³-hybridized carbons (Fsp3) is 0.526. The second kappa shape index (κ2) is 6.52. The summed E-state index contributed by atoms with van der Waals surface area (Å²) in [6, 6.07) is 6.08. The lowest BCUT2D eigenvalue weighted by Gasteiger charge is -2.44. The topological polar surface area (TPSA) is 31.2 Å². The number of rotatable bonds is 6. The first-order valence-corrected chi connectivity index (χ1v) is 10.6. The Bertz CT molecular complexity index is 679. The van der Waals surface area contributed by atoms with Crippen molar-refractivity contribution in [3.63, 3.8) is 0 Å². The molecule has 1 heterocycles. The molecule has 4 heteroatoms. The highest BCUT2D eigenvalue weighted by atomic mass is 28.3. The second-order valence-corrected chi connectivity index (χ2v) is 13.0.